The number of hydrogen-bond donors (Lipinski definition) is 0. The molecule has 2 atom stereocenters. The minimum absolute atomic E-state index is 0.145. The first-order chi connectivity index (χ1) is 11.7. The third-order valence-corrected chi connectivity index (χ3v) is 3.79. The Bertz CT molecular complexity index is 643. The molecule has 3 aromatic heterocycles. The van der Waals surface area contributed by atoms with Crippen molar-refractivity contribution in [3.05, 3.63) is 90.8 Å². The predicted molar refractivity (Wildman–Crippen MR) is 94.5 cm³/mol. The number of rotatable bonds is 4. The highest BCUT2D eigenvalue weighted by atomic mass is 16.1. The van der Waals surface area contributed by atoms with Crippen molar-refractivity contribution in [2.75, 3.05) is 0 Å². The van der Waals surface area contributed by atoms with Crippen molar-refractivity contribution in [2.24, 2.45) is 0 Å². The van der Waals surface area contributed by atoms with Crippen molar-refractivity contribution in [1.29, 1.82) is 0 Å². The summed E-state index contributed by atoms with van der Waals surface area (Å²) >= 11 is 0. The normalized spacial score (nSPS) is 12.4. The standard InChI is InChI=1S/C15H16N2O.C5H5N/c1-11(13-5-3-7-16-9-13)15(18)12(2)14-6-4-8-17-10-14;1-2-4-6-5-3-1/h3-12H,1-2H3;1-5H. The lowest BCUT2D eigenvalue weighted by atomic mass is 9.87. The van der Waals surface area contributed by atoms with Crippen LogP contribution in [-0.4, -0.2) is 20.7 Å². The van der Waals surface area contributed by atoms with Crippen molar-refractivity contribution < 1.29 is 4.79 Å². The lowest BCUT2D eigenvalue weighted by Gasteiger charge is -2.16. The van der Waals surface area contributed by atoms with Gasteiger partial charge in [0.2, 0.25) is 0 Å². The van der Waals surface area contributed by atoms with Crippen LogP contribution in [0.5, 0.6) is 0 Å². The van der Waals surface area contributed by atoms with Gasteiger partial charge in [0, 0.05) is 49.0 Å². The topological polar surface area (TPSA) is 55.7 Å². The second-order valence-corrected chi connectivity index (χ2v) is 5.44. The highest BCUT2D eigenvalue weighted by Crippen LogP contribution is 2.24. The smallest absolute Gasteiger partial charge is 0.147 e. The van der Waals surface area contributed by atoms with E-state index in [2.05, 4.69) is 15.0 Å². The van der Waals surface area contributed by atoms with Crippen LogP contribution in [0.2, 0.25) is 0 Å². The third-order valence-electron chi connectivity index (χ3n) is 3.79. The van der Waals surface area contributed by atoms with E-state index in [-0.39, 0.29) is 17.6 Å². The van der Waals surface area contributed by atoms with Gasteiger partial charge in [0.1, 0.15) is 5.78 Å². The van der Waals surface area contributed by atoms with Gasteiger partial charge in [-0.1, -0.05) is 32.0 Å². The molecule has 0 bridgehead atoms. The van der Waals surface area contributed by atoms with E-state index in [4.69, 9.17) is 0 Å². The molecule has 0 aliphatic rings. The van der Waals surface area contributed by atoms with Gasteiger partial charge in [-0.2, -0.15) is 0 Å². The van der Waals surface area contributed by atoms with Gasteiger partial charge in [-0.3, -0.25) is 19.7 Å². The van der Waals surface area contributed by atoms with Crippen LogP contribution in [0.1, 0.15) is 36.8 Å². The minimum atomic E-state index is -0.145. The zero-order valence-electron chi connectivity index (χ0n) is 13.9. The predicted octanol–water partition coefficient (Wildman–Crippen LogP) is 4.03. The molecule has 2 unspecified atom stereocenters. The summed E-state index contributed by atoms with van der Waals surface area (Å²) in [6, 6.07) is 13.3. The van der Waals surface area contributed by atoms with Gasteiger partial charge in [0.05, 0.1) is 0 Å². The first-order valence-corrected chi connectivity index (χ1v) is 7.88. The van der Waals surface area contributed by atoms with E-state index in [0.717, 1.165) is 11.1 Å². The molecule has 0 fully saturated rings. The second-order valence-electron chi connectivity index (χ2n) is 5.44. The number of Topliss-reactive ketones (excluding diaryl/α,β-unsaturated/α-hetero) is 1. The molecule has 24 heavy (non-hydrogen) atoms. The maximum atomic E-state index is 12.4. The van der Waals surface area contributed by atoms with Crippen LogP contribution in [0.3, 0.4) is 0 Å². The maximum absolute atomic E-state index is 12.4. The fraction of sp³-hybridized carbons (Fsp3) is 0.200. The summed E-state index contributed by atoms with van der Waals surface area (Å²) in [5.74, 6) is -0.0983. The Morgan fingerprint density at radius 2 is 1.17 bits per heavy atom. The largest absolute Gasteiger partial charge is 0.298 e. The number of carbonyl (C=O) groups excluding carboxylic acids is 1. The number of ketones is 1. The zero-order valence-corrected chi connectivity index (χ0v) is 13.9. The number of pyridine rings is 3. The molecular formula is C20H21N3O. The van der Waals surface area contributed by atoms with E-state index in [1.807, 2.05) is 56.3 Å². The molecule has 4 nitrogen and oxygen atoms in total. The second kappa shape index (κ2) is 9.30. The first kappa shape index (κ1) is 17.5. The molecule has 4 heteroatoms. The third kappa shape index (κ3) is 5.09. The van der Waals surface area contributed by atoms with E-state index < -0.39 is 0 Å². The van der Waals surface area contributed by atoms with E-state index in [0.29, 0.717) is 0 Å². The highest BCUT2D eigenvalue weighted by Gasteiger charge is 2.22. The summed E-state index contributed by atoms with van der Waals surface area (Å²) in [5.41, 5.74) is 1.91. The molecule has 3 aromatic rings. The Labute approximate surface area is 142 Å². The monoisotopic (exact) mass is 319 g/mol. The fourth-order valence-corrected chi connectivity index (χ4v) is 2.28. The molecule has 3 rings (SSSR count). The molecule has 0 saturated heterocycles. The van der Waals surface area contributed by atoms with Crippen LogP contribution >= 0.6 is 0 Å². The van der Waals surface area contributed by atoms with Crippen LogP contribution in [0.15, 0.2) is 79.6 Å². The van der Waals surface area contributed by atoms with Crippen molar-refractivity contribution in [3.63, 3.8) is 0 Å². The van der Waals surface area contributed by atoms with Crippen LogP contribution in [0.25, 0.3) is 0 Å². The van der Waals surface area contributed by atoms with Gasteiger partial charge in [-0.15, -0.1) is 0 Å². The molecule has 0 spiro atoms. The molecule has 3 heterocycles. The number of nitrogens with zero attached hydrogens (tertiary/aromatic N) is 3. The van der Waals surface area contributed by atoms with E-state index in [1.54, 1.807) is 37.2 Å². The maximum Gasteiger partial charge on any atom is 0.147 e. The lowest BCUT2D eigenvalue weighted by molar-refractivity contribution is -0.121. The average Bonchev–Trinajstić information content (AvgIpc) is 2.69. The molecule has 0 amide bonds. The van der Waals surface area contributed by atoms with Gasteiger partial charge in [-0.05, 0) is 35.4 Å². The summed E-state index contributed by atoms with van der Waals surface area (Å²) in [4.78, 5) is 24.3. The molecule has 0 aliphatic heterocycles. The molecule has 0 saturated carbocycles. The Hall–Kier alpha value is -2.88. The number of aromatic nitrogens is 3. The summed E-state index contributed by atoms with van der Waals surface area (Å²) in [6.07, 6.45) is 10.4. The minimum Gasteiger partial charge on any atom is -0.298 e. The number of carbonyl (C=O) groups is 1. The Morgan fingerprint density at radius 1 is 0.708 bits per heavy atom. The van der Waals surface area contributed by atoms with Gasteiger partial charge >= 0.3 is 0 Å². The van der Waals surface area contributed by atoms with E-state index in [1.165, 1.54) is 0 Å². The summed E-state index contributed by atoms with van der Waals surface area (Å²) in [7, 11) is 0. The SMILES string of the molecule is CC(C(=O)C(C)c1cccnc1)c1cccnc1.c1ccncc1. The molecular weight excluding hydrogens is 298 g/mol. The van der Waals surface area contributed by atoms with Gasteiger partial charge in [0.15, 0.2) is 0 Å². The average molecular weight is 319 g/mol. The molecule has 122 valence electrons. The Balaban J connectivity index is 0.000000292. The first-order valence-electron chi connectivity index (χ1n) is 7.88. The van der Waals surface area contributed by atoms with E-state index >= 15 is 0 Å². The van der Waals surface area contributed by atoms with Gasteiger partial charge in [-0.25, -0.2) is 0 Å². The summed E-state index contributed by atoms with van der Waals surface area (Å²) in [5, 5.41) is 0. The van der Waals surface area contributed by atoms with Crippen molar-refractivity contribution in [2.45, 2.75) is 25.7 Å². The van der Waals surface area contributed by atoms with Crippen LogP contribution in [-0.2, 0) is 4.79 Å². The van der Waals surface area contributed by atoms with Crippen molar-refractivity contribution >= 4 is 5.78 Å². The molecule has 0 aliphatic carbocycles. The van der Waals surface area contributed by atoms with Gasteiger partial charge < -0.3 is 0 Å². The van der Waals surface area contributed by atoms with Crippen LogP contribution < -0.4 is 0 Å². The lowest BCUT2D eigenvalue weighted by Crippen LogP contribution is -2.16. The van der Waals surface area contributed by atoms with Crippen molar-refractivity contribution in [1.82, 2.24) is 15.0 Å². The molecule has 0 N–H and O–H groups in total. The summed E-state index contributed by atoms with van der Waals surface area (Å²) in [6.45, 7) is 3.85. The Morgan fingerprint density at radius 3 is 1.46 bits per heavy atom. The highest BCUT2D eigenvalue weighted by molar-refractivity contribution is 5.90. The molecule has 0 aromatic carbocycles. The van der Waals surface area contributed by atoms with Crippen LogP contribution in [0.4, 0.5) is 0 Å². The van der Waals surface area contributed by atoms with E-state index in [9.17, 15) is 4.79 Å². The summed E-state index contributed by atoms with van der Waals surface area (Å²) < 4.78 is 0. The van der Waals surface area contributed by atoms with Gasteiger partial charge in [0.25, 0.3) is 0 Å². The zero-order chi connectivity index (χ0) is 17.2. The quantitative estimate of drug-likeness (QED) is 0.728. The fourth-order valence-electron chi connectivity index (χ4n) is 2.28. The molecule has 0 radical (unpaired) electrons. The Kier molecular flexibility index (Phi) is 6.77. The number of hydrogen-bond acceptors (Lipinski definition) is 4. The van der Waals surface area contributed by atoms with Crippen molar-refractivity contribution in [3.8, 4) is 0 Å². The van der Waals surface area contributed by atoms with Crippen LogP contribution in [0, 0.1) is 0 Å².